The Labute approximate surface area is 121 Å². The second kappa shape index (κ2) is 7.40. The van der Waals surface area contributed by atoms with Crippen LogP contribution in [0, 0.1) is 5.82 Å². The van der Waals surface area contributed by atoms with Gasteiger partial charge in [-0.3, -0.25) is 0 Å². The third kappa shape index (κ3) is 4.94. The maximum absolute atomic E-state index is 12.8. The SMILES string of the molecule is CC(N)CCCc1nc(CSc2ccc(F)cc2)no1. The van der Waals surface area contributed by atoms with E-state index in [2.05, 4.69) is 10.1 Å². The zero-order valence-electron chi connectivity index (χ0n) is 11.4. The first-order chi connectivity index (χ1) is 9.63. The number of hydrogen-bond acceptors (Lipinski definition) is 5. The van der Waals surface area contributed by atoms with Gasteiger partial charge < -0.3 is 10.3 Å². The van der Waals surface area contributed by atoms with Crippen molar-refractivity contribution < 1.29 is 8.91 Å². The maximum Gasteiger partial charge on any atom is 0.226 e. The molecule has 2 rings (SSSR count). The predicted molar refractivity (Wildman–Crippen MR) is 76.8 cm³/mol. The average Bonchev–Trinajstić information content (AvgIpc) is 2.86. The fourth-order valence-electron chi connectivity index (χ4n) is 1.70. The number of nitrogens with two attached hydrogens (primary N) is 1. The highest BCUT2D eigenvalue weighted by molar-refractivity contribution is 7.98. The van der Waals surface area contributed by atoms with E-state index >= 15 is 0 Å². The Morgan fingerprint density at radius 3 is 2.80 bits per heavy atom. The van der Waals surface area contributed by atoms with E-state index in [1.165, 1.54) is 12.1 Å². The van der Waals surface area contributed by atoms with Crippen molar-refractivity contribution in [3.05, 3.63) is 41.8 Å². The molecule has 1 aromatic carbocycles. The molecule has 0 radical (unpaired) electrons. The summed E-state index contributed by atoms with van der Waals surface area (Å²) in [4.78, 5) is 5.31. The number of aromatic nitrogens is 2. The monoisotopic (exact) mass is 295 g/mol. The lowest BCUT2D eigenvalue weighted by molar-refractivity contribution is 0.369. The van der Waals surface area contributed by atoms with Crippen LogP contribution in [0.1, 0.15) is 31.5 Å². The third-order valence-corrected chi connectivity index (χ3v) is 3.75. The van der Waals surface area contributed by atoms with E-state index in [0.29, 0.717) is 17.5 Å². The number of aryl methyl sites for hydroxylation is 1. The Hall–Kier alpha value is -1.40. The van der Waals surface area contributed by atoms with Gasteiger partial charge in [0.1, 0.15) is 5.82 Å². The normalized spacial score (nSPS) is 12.6. The van der Waals surface area contributed by atoms with E-state index in [-0.39, 0.29) is 11.9 Å². The molecule has 0 amide bonds. The molecule has 0 spiro atoms. The molecule has 0 saturated carbocycles. The van der Waals surface area contributed by atoms with E-state index in [1.54, 1.807) is 23.9 Å². The number of hydrogen-bond donors (Lipinski definition) is 1. The van der Waals surface area contributed by atoms with Gasteiger partial charge in [-0.25, -0.2) is 4.39 Å². The molecule has 6 heteroatoms. The Morgan fingerprint density at radius 2 is 2.10 bits per heavy atom. The summed E-state index contributed by atoms with van der Waals surface area (Å²) in [5.41, 5.74) is 5.69. The molecule has 0 aliphatic carbocycles. The van der Waals surface area contributed by atoms with Crippen LogP contribution in [0.3, 0.4) is 0 Å². The van der Waals surface area contributed by atoms with Crippen molar-refractivity contribution in [1.29, 1.82) is 0 Å². The van der Waals surface area contributed by atoms with Crippen LogP contribution in [-0.2, 0) is 12.2 Å². The number of benzene rings is 1. The first-order valence-electron chi connectivity index (χ1n) is 6.59. The molecule has 0 fully saturated rings. The molecule has 1 aromatic heterocycles. The van der Waals surface area contributed by atoms with Gasteiger partial charge >= 0.3 is 0 Å². The lowest BCUT2D eigenvalue weighted by Gasteiger charge is -2.00. The summed E-state index contributed by atoms with van der Waals surface area (Å²) in [6, 6.07) is 6.56. The second-order valence-corrected chi connectivity index (χ2v) is 5.77. The van der Waals surface area contributed by atoms with Crippen molar-refractivity contribution in [3.63, 3.8) is 0 Å². The molecule has 0 bridgehead atoms. The molecular formula is C14H18FN3OS. The van der Waals surface area contributed by atoms with E-state index in [9.17, 15) is 4.39 Å². The average molecular weight is 295 g/mol. The number of halogens is 1. The van der Waals surface area contributed by atoms with E-state index in [1.807, 2.05) is 6.92 Å². The van der Waals surface area contributed by atoms with Gasteiger partial charge in [-0.1, -0.05) is 5.16 Å². The Morgan fingerprint density at radius 1 is 1.35 bits per heavy atom. The smallest absolute Gasteiger partial charge is 0.226 e. The summed E-state index contributed by atoms with van der Waals surface area (Å²) in [5.74, 6) is 1.70. The summed E-state index contributed by atoms with van der Waals surface area (Å²) in [7, 11) is 0. The van der Waals surface area contributed by atoms with E-state index in [4.69, 9.17) is 10.3 Å². The number of rotatable bonds is 7. The molecule has 0 aliphatic heterocycles. The highest BCUT2D eigenvalue weighted by Crippen LogP contribution is 2.21. The maximum atomic E-state index is 12.8. The zero-order valence-corrected chi connectivity index (χ0v) is 12.2. The van der Waals surface area contributed by atoms with Crippen molar-refractivity contribution >= 4 is 11.8 Å². The van der Waals surface area contributed by atoms with Crippen LogP contribution < -0.4 is 5.73 Å². The first-order valence-corrected chi connectivity index (χ1v) is 7.57. The standard InChI is InChI=1S/C14H18FN3OS/c1-10(16)3-2-4-14-17-13(18-19-14)9-20-12-7-5-11(15)6-8-12/h5-8,10H,2-4,9,16H2,1H3. The van der Waals surface area contributed by atoms with E-state index in [0.717, 1.165) is 24.2 Å². The molecular weight excluding hydrogens is 277 g/mol. The molecule has 0 aliphatic rings. The van der Waals surface area contributed by atoms with Gasteiger partial charge in [0.2, 0.25) is 5.89 Å². The first kappa shape index (κ1) is 15.0. The predicted octanol–water partition coefficient (Wildman–Crippen LogP) is 3.17. The van der Waals surface area contributed by atoms with Gasteiger partial charge in [0, 0.05) is 17.4 Å². The van der Waals surface area contributed by atoms with Crippen molar-refractivity contribution in [2.45, 2.75) is 42.9 Å². The van der Waals surface area contributed by atoms with Gasteiger partial charge in [-0.05, 0) is 44.0 Å². The summed E-state index contributed by atoms with van der Waals surface area (Å²) in [6.07, 6.45) is 2.65. The zero-order chi connectivity index (χ0) is 14.4. The number of thioether (sulfide) groups is 1. The molecule has 4 nitrogen and oxygen atoms in total. The topological polar surface area (TPSA) is 64.9 Å². The summed E-state index contributed by atoms with van der Waals surface area (Å²) in [5, 5.41) is 3.93. The number of nitrogens with zero attached hydrogens (tertiary/aromatic N) is 2. The Balaban J connectivity index is 1.79. The van der Waals surface area contributed by atoms with Gasteiger partial charge in [0.05, 0.1) is 5.75 Å². The molecule has 0 saturated heterocycles. The quantitative estimate of drug-likeness (QED) is 0.795. The van der Waals surface area contributed by atoms with Crippen LogP contribution in [0.25, 0.3) is 0 Å². The summed E-state index contributed by atoms with van der Waals surface area (Å²) >= 11 is 1.55. The highest BCUT2D eigenvalue weighted by atomic mass is 32.2. The molecule has 1 atom stereocenters. The minimum atomic E-state index is -0.231. The minimum absolute atomic E-state index is 0.200. The molecule has 2 aromatic rings. The van der Waals surface area contributed by atoms with Gasteiger partial charge in [-0.2, -0.15) is 4.98 Å². The molecule has 108 valence electrons. The van der Waals surface area contributed by atoms with Crippen LogP contribution in [0.5, 0.6) is 0 Å². The molecule has 20 heavy (non-hydrogen) atoms. The van der Waals surface area contributed by atoms with Gasteiger partial charge in [-0.15, -0.1) is 11.8 Å². The minimum Gasteiger partial charge on any atom is -0.339 e. The van der Waals surface area contributed by atoms with Crippen molar-refractivity contribution in [2.24, 2.45) is 5.73 Å². The Kier molecular flexibility index (Phi) is 5.55. The summed E-state index contributed by atoms with van der Waals surface area (Å²) < 4.78 is 17.9. The van der Waals surface area contributed by atoms with Crippen LogP contribution in [-0.4, -0.2) is 16.2 Å². The van der Waals surface area contributed by atoms with Crippen molar-refractivity contribution in [1.82, 2.24) is 10.1 Å². The van der Waals surface area contributed by atoms with Crippen LogP contribution in [0.2, 0.25) is 0 Å². The van der Waals surface area contributed by atoms with Gasteiger partial charge in [0.25, 0.3) is 0 Å². The third-order valence-electron chi connectivity index (χ3n) is 2.74. The Bertz CT molecular complexity index is 527. The van der Waals surface area contributed by atoms with E-state index < -0.39 is 0 Å². The second-order valence-electron chi connectivity index (χ2n) is 4.72. The molecule has 2 N–H and O–H groups in total. The van der Waals surface area contributed by atoms with Crippen molar-refractivity contribution in [2.75, 3.05) is 0 Å². The molecule has 1 unspecified atom stereocenters. The lowest BCUT2D eigenvalue weighted by Crippen LogP contribution is -2.14. The lowest BCUT2D eigenvalue weighted by atomic mass is 10.1. The van der Waals surface area contributed by atoms with Gasteiger partial charge in [0.15, 0.2) is 5.82 Å². The van der Waals surface area contributed by atoms with Crippen molar-refractivity contribution in [3.8, 4) is 0 Å². The van der Waals surface area contributed by atoms with Crippen LogP contribution in [0.15, 0.2) is 33.7 Å². The van der Waals surface area contributed by atoms with Crippen LogP contribution in [0.4, 0.5) is 4.39 Å². The highest BCUT2D eigenvalue weighted by Gasteiger charge is 2.07. The fourth-order valence-corrected chi connectivity index (χ4v) is 2.45. The molecule has 1 heterocycles. The fraction of sp³-hybridized carbons (Fsp3) is 0.429. The van der Waals surface area contributed by atoms with Crippen LogP contribution >= 0.6 is 11.8 Å². The largest absolute Gasteiger partial charge is 0.339 e. The summed E-state index contributed by atoms with van der Waals surface area (Å²) in [6.45, 7) is 1.98.